The first-order chi connectivity index (χ1) is 15.5. The molecule has 5 nitrogen and oxygen atoms in total. The number of benzene rings is 3. The average molecular weight is 451 g/mol. The van der Waals surface area contributed by atoms with Gasteiger partial charge in [0.2, 0.25) is 0 Å². The van der Waals surface area contributed by atoms with E-state index in [1.165, 1.54) is 18.2 Å². The summed E-state index contributed by atoms with van der Waals surface area (Å²) < 4.78 is 24.5. The summed E-state index contributed by atoms with van der Waals surface area (Å²) in [5.41, 5.74) is 3.13. The number of carbonyl (C=O) groups excluding carboxylic acids is 1. The first kappa shape index (κ1) is 21.6. The minimum atomic E-state index is -0.547. The molecular weight excluding hydrogens is 431 g/mol. The van der Waals surface area contributed by atoms with Crippen molar-refractivity contribution >= 4 is 34.1 Å². The maximum absolute atomic E-state index is 13.4. The van der Waals surface area contributed by atoms with Crippen LogP contribution in [0, 0.1) is 5.82 Å². The standard InChI is InChI=1S/C25H20ClFN2O3/c1-3-32-24-14-23(15-5-4-6-18(11-15)31-2)29-22-10-7-16(12-19(22)24)25(30)28-17-8-9-21(27)20(26)13-17/h4-14H,3H2,1-2H3,(H,28,30). The number of methoxy groups -OCH3 is 1. The van der Waals surface area contributed by atoms with Crippen LogP contribution in [0.1, 0.15) is 17.3 Å². The normalized spacial score (nSPS) is 10.8. The summed E-state index contributed by atoms with van der Waals surface area (Å²) >= 11 is 5.80. The Labute approximate surface area is 189 Å². The maximum atomic E-state index is 13.4. The Morgan fingerprint density at radius 2 is 1.94 bits per heavy atom. The number of pyridine rings is 1. The number of hydrogen-bond donors (Lipinski definition) is 1. The van der Waals surface area contributed by atoms with E-state index in [1.807, 2.05) is 37.3 Å². The predicted octanol–water partition coefficient (Wildman–Crippen LogP) is 6.35. The van der Waals surface area contributed by atoms with Crippen LogP contribution in [0.25, 0.3) is 22.2 Å². The van der Waals surface area contributed by atoms with Crippen molar-refractivity contribution in [2.75, 3.05) is 19.0 Å². The van der Waals surface area contributed by atoms with Gasteiger partial charge in [-0.1, -0.05) is 23.7 Å². The molecule has 32 heavy (non-hydrogen) atoms. The van der Waals surface area contributed by atoms with E-state index in [2.05, 4.69) is 5.32 Å². The lowest BCUT2D eigenvalue weighted by Crippen LogP contribution is -2.12. The Morgan fingerprint density at radius 3 is 2.69 bits per heavy atom. The minimum absolute atomic E-state index is 0.0609. The molecule has 0 unspecified atom stereocenters. The second-order valence-electron chi connectivity index (χ2n) is 6.99. The number of halogens is 2. The van der Waals surface area contributed by atoms with E-state index >= 15 is 0 Å². The van der Waals surface area contributed by atoms with Gasteiger partial charge in [-0.05, 0) is 55.5 Å². The van der Waals surface area contributed by atoms with E-state index < -0.39 is 5.82 Å². The zero-order chi connectivity index (χ0) is 22.7. The third-order valence-corrected chi connectivity index (χ3v) is 5.17. The van der Waals surface area contributed by atoms with Gasteiger partial charge in [0, 0.05) is 28.3 Å². The van der Waals surface area contributed by atoms with Gasteiger partial charge >= 0.3 is 0 Å². The van der Waals surface area contributed by atoms with Gasteiger partial charge < -0.3 is 14.8 Å². The molecule has 1 aromatic heterocycles. The van der Waals surface area contributed by atoms with Crippen molar-refractivity contribution in [2.24, 2.45) is 0 Å². The Morgan fingerprint density at radius 1 is 1.09 bits per heavy atom. The van der Waals surface area contributed by atoms with Crippen LogP contribution < -0.4 is 14.8 Å². The third-order valence-electron chi connectivity index (χ3n) is 4.88. The Hall–Kier alpha value is -3.64. The van der Waals surface area contributed by atoms with Crippen LogP contribution in [0.2, 0.25) is 5.02 Å². The van der Waals surface area contributed by atoms with E-state index in [4.69, 9.17) is 26.1 Å². The number of nitrogens with one attached hydrogen (secondary N) is 1. The summed E-state index contributed by atoms with van der Waals surface area (Å²) in [6, 6.07) is 18.7. The Balaban J connectivity index is 1.71. The SMILES string of the molecule is CCOc1cc(-c2cccc(OC)c2)nc2ccc(C(=O)Nc3ccc(F)c(Cl)c3)cc12. The van der Waals surface area contributed by atoms with Crippen LogP contribution in [0.5, 0.6) is 11.5 Å². The van der Waals surface area contributed by atoms with Crippen molar-refractivity contribution in [1.29, 1.82) is 0 Å². The van der Waals surface area contributed by atoms with E-state index in [1.54, 1.807) is 25.3 Å². The molecule has 4 aromatic rings. The van der Waals surface area contributed by atoms with Gasteiger partial charge in [0.1, 0.15) is 17.3 Å². The molecule has 0 spiro atoms. The smallest absolute Gasteiger partial charge is 0.255 e. The number of aromatic nitrogens is 1. The van der Waals surface area contributed by atoms with Crippen LogP contribution in [0.4, 0.5) is 10.1 Å². The summed E-state index contributed by atoms with van der Waals surface area (Å²) in [7, 11) is 1.62. The zero-order valence-corrected chi connectivity index (χ0v) is 18.2. The van der Waals surface area contributed by atoms with Crippen LogP contribution in [0.15, 0.2) is 66.7 Å². The van der Waals surface area contributed by atoms with Crippen molar-refractivity contribution < 1.29 is 18.7 Å². The lowest BCUT2D eigenvalue weighted by molar-refractivity contribution is 0.102. The molecule has 3 aromatic carbocycles. The van der Waals surface area contributed by atoms with Crippen LogP contribution in [0.3, 0.4) is 0 Å². The number of nitrogens with zero attached hydrogens (tertiary/aromatic N) is 1. The Bertz CT molecular complexity index is 1310. The fourth-order valence-electron chi connectivity index (χ4n) is 3.32. The second-order valence-corrected chi connectivity index (χ2v) is 7.39. The highest BCUT2D eigenvalue weighted by Crippen LogP contribution is 2.32. The van der Waals surface area contributed by atoms with Gasteiger partial charge in [-0.15, -0.1) is 0 Å². The Kier molecular flexibility index (Phi) is 6.23. The van der Waals surface area contributed by atoms with Gasteiger partial charge in [-0.25, -0.2) is 9.37 Å². The fourth-order valence-corrected chi connectivity index (χ4v) is 3.50. The molecule has 162 valence electrons. The number of hydrogen-bond acceptors (Lipinski definition) is 4. The first-order valence-electron chi connectivity index (χ1n) is 9.97. The number of amides is 1. The van der Waals surface area contributed by atoms with E-state index in [0.717, 1.165) is 17.0 Å². The molecule has 0 aliphatic carbocycles. The third kappa shape index (κ3) is 4.50. The minimum Gasteiger partial charge on any atom is -0.497 e. The van der Waals surface area contributed by atoms with Gasteiger partial charge in [0.25, 0.3) is 5.91 Å². The predicted molar refractivity (Wildman–Crippen MR) is 124 cm³/mol. The number of ether oxygens (including phenoxy) is 2. The molecule has 0 saturated carbocycles. The number of carbonyl (C=O) groups is 1. The van der Waals surface area contributed by atoms with Gasteiger partial charge in [0.05, 0.1) is 29.9 Å². The molecule has 0 aliphatic heterocycles. The maximum Gasteiger partial charge on any atom is 0.255 e. The lowest BCUT2D eigenvalue weighted by Gasteiger charge is -2.12. The molecule has 0 radical (unpaired) electrons. The number of fused-ring (bicyclic) bond motifs is 1. The molecule has 0 bridgehead atoms. The molecule has 0 atom stereocenters. The lowest BCUT2D eigenvalue weighted by atomic mass is 10.1. The van der Waals surface area contributed by atoms with Crippen LogP contribution >= 0.6 is 11.6 Å². The molecule has 0 fully saturated rings. The molecule has 4 rings (SSSR count). The summed E-state index contributed by atoms with van der Waals surface area (Å²) in [5.74, 6) is 0.452. The number of anilines is 1. The van der Waals surface area contributed by atoms with Crippen molar-refractivity contribution in [3.63, 3.8) is 0 Å². The summed E-state index contributed by atoms with van der Waals surface area (Å²) in [4.78, 5) is 17.5. The first-order valence-corrected chi connectivity index (χ1v) is 10.3. The van der Waals surface area contributed by atoms with Gasteiger partial charge in [0.15, 0.2) is 0 Å². The summed E-state index contributed by atoms with van der Waals surface area (Å²) in [6.45, 7) is 2.35. The molecule has 1 amide bonds. The molecule has 7 heteroatoms. The largest absolute Gasteiger partial charge is 0.497 e. The molecular formula is C25H20ClFN2O3. The van der Waals surface area contributed by atoms with E-state index in [0.29, 0.717) is 34.5 Å². The summed E-state index contributed by atoms with van der Waals surface area (Å²) in [5, 5.41) is 3.38. The average Bonchev–Trinajstić information content (AvgIpc) is 2.81. The zero-order valence-electron chi connectivity index (χ0n) is 17.5. The van der Waals surface area contributed by atoms with Crippen molar-refractivity contribution in [3.8, 4) is 22.8 Å². The quantitative estimate of drug-likeness (QED) is 0.371. The molecule has 0 aliphatic rings. The highest BCUT2D eigenvalue weighted by atomic mass is 35.5. The van der Waals surface area contributed by atoms with Crippen molar-refractivity contribution in [3.05, 3.63) is 83.1 Å². The van der Waals surface area contributed by atoms with E-state index in [9.17, 15) is 9.18 Å². The monoisotopic (exact) mass is 450 g/mol. The van der Waals surface area contributed by atoms with Crippen LogP contribution in [-0.4, -0.2) is 24.6 Å². The summed E-state index contributed by atoms with van der Waals surface area (Å²) in [6.07, 6.45) is 0. The molecule has 0 saturated heterocycles. The van der Waals surface area contributed by atoms with Crippen molar-refractivity contribution in [1.82, 2.24) is 4.98 Å². The highest BCUT2D eigenvalue weighted by molar-refractivity contribution is 6.31. The van der Waals surface area contributed by atoms with E-state index in [-0.39, 0.29) is 10.9 Å². The topological polar surface area (TPSA) is 60.5 Å². The van der Waals surface area contributed by atoms with Gasteiger partial charge in [-0.2, -0.15) is 0 Å². The molecule has 1 N–H and O–H groups in total. The van der Waals surface area contributed by atoms with Crippen LogP contribution in [-0.2, 0) is 0 Å². The number of rotatable bonds is 6. The fraction of sp³-hybridized carbons (Fsp3) is 0.120. The van der Waals surface area contributed by atoms with Crippen molar-refractivity contribution in [2.45, 2.75) is 6.92 Å². The second kappa shape index (κ2) is 9.24. The molecule has 1 heterocycles. The highest BCUT2D eigenvalue weighted by Gasteiger charge is 2.14. The van der Waals surface area contributed by atoms with Gasteiger partial charge in [-0.3, -0.25) is 4.79 Å².